The third-order valence-electron chi connectivity index (χ3n) is 8.53. The van der Waals surface area contributed by atoms with Gasteiger partial charge in [-0.1, -0.05) is 43.7 Å². The van der Waals surface area contributed by atoms with Crippen LogP contribution in [0.5, 0.6) is 0 Å². The maximum absolute atomic E-state index is 12.9. The van der Waals surface area contributed by atoms with Gasteiger partial charge in [-0.2, -0.15) is 0 Å². The average molecular weight is 528 g/mol. The van der Waals surface area contributed by atoms with Crippen LogP contribution in [-0.2, 0) is 21.4 Å². The Balaban J connectivity index is 1.33. The number of hydrogen-bond acceptors (Lipinski definition) is 7. The fraction of sp³-hybridized carbons (Fsp3) is 0.643. The summed E-state index contributed by atoms with van der Waals surface area (Å²) < 4.78 is 12.9. The molecule has 0 radical (unpaired) electrons. The molecular weight excluding hydrogens is 486 g/mol. The highest BCUT2D eigenvalue weighted by Crippen LogP contribution is 2.43. The summed E-state index contributed by atoms with van der Waals surface area (Å²) in [7, 11) is 0. The van der Waals surface area contributed by atoms with Crippen molar-refractivity contribution in [2.45, 2.75) is 81.8 Å². The number of unbranched alkanes of at least 4 members (excludes halogenated alkanes) is 1. The number of carbonyl (C=O) groups excluding carboxylic acids is 1. The molecule has 5 rings (SSSR count). The normalized spacial score (nSPS) is 27.8. The van der Waals surface area contributed by atoms with Crippen molar-refractivity contribution in [3.8, 4) is 0 Å². The first-order valence-corrected chi connectivity index (χ1v) is 15.1. The summed E-state index contributed by atoms with van der Waals surface area (Å²) in [4.78, 5) is 20.6. The van der Waals surface area contributed by atoms with Crippen molar-refractivity contribution < 1.29 is 14.5 Å². The number of nitrogens with one attached hydrogen (secondary N) is 3. The molecule has 3 heterocycles. The van der Waals surface area contributed by atoms with Gasteiger partial charge in [-0.05, 0) is 55.8 Å². The third-order valence-corrected chi connectivity index (χ3v) is 10.2. The molecule has 2 unspecified atom stereocenters. The monoisotopic (exact) mass is 527 g/mol. The van der Waals surface area contributed by atoms with E-state index in [0.29, 0.717) is 25.1 Å². The maximum Gasteiger partial charge on any atom is 0.220 e. The Morgan fingerprint density at radius 1 is 1.22 bits per heavy atom. The molecule has 0 bridgehead atoms. The van der Waals surface area contributed by atoms with E-state index in [4.69, 9.17) is 4.99 Å². The molecule has 8 nitrogen and oxygen atoms in total. The molecule has 1 aromatic rings. The number of carbonyl (C=O) groups is 1. The minimum Gasteiger partial charge on any atom is -0.612 e. The van der Waals surface area contributed by atoms with E-state index in [9.17, 15) is 14.5 Å². The van der Waals surface area contributed by atoms with Crippen LogP contribution in [0.25, 0.3) is 0 Å². The number of guanidine groups is 1. The minimum absolute atomic E-state index is 0.0687. The van der Waals surface area contributed by atoms with Crippen LogP contribution in [0, 0.1) is 0 Å². The van der Waals surface area contributed by atoms with Crippen LogP contribution >= 0.6 is 0 Å². The van der Waals surface area contributed by atoms with Gasteiger partial charge in [0.1, 0.15) is 11.4 Å². The topological polar surface area (TPSA) is 112 Å². The van der Waals surface area contributed by atoms with E-state index in [0.717, 1.165) is 68.2 Å². The molecule has 37 heavy (non-hydrogen) atoms. The van der Waals surface area contributed by atoms with Crippen molar-refractivity contribution in [3.63, 3.8) is 0 Å². The number of amides is 1. The molecule has 2 atom stereocenters. The molecule has 4 aliphatic rings. The highest BCUT2D eigenvalue weighted by Gasteiger charge is 2.54. The standard InChI is InChI=1S/C28H41N5O3S/c1-3-4-10-23(35)29-19-27(21-8-6-5-7-9-21)14-16-33(17-15-27)25-30-22-11-18-37(36)24(22)26(2,31-25)32-28(20-34)12-13-28/h5-9,32,34H,3-4,10-20H2,1-2H3,(H,29,35)(H,30,31). The Hall–Kier alpha value is -2.07. The number of benzene rings is 1. The predicted octanol–water partition coefficient (Wildman–Crippen LogP) is 2.48. The summed E-state index contributed by atoms with van der Waals surface area (Å²) in [6, 6.07) is 10.6. The van der Waals surface area contributed by atoms with Gasteiger partial charge in [0, 0.05) is 43.4 Å². The Morgan fingerprint density at radius 2 is 1.95 bits per heavy atom. The van der Waals surface area contributed by atoms with Crippen molar-refractivity contribution in [2.24, 2.45) is 4.99 Å². The van der Waals surface area contributed by atoms with Gasteiger partial charge in [0.25, 0.3) is 0 Å². The summed E-state index contributed by atoms with van der Waals surface area (Å²) >= 11 is -1.08. The molecule has 0 spiro atoms. The minimum atomic E-state index is -1.08. The third kappa shape index (κ3) is 5.41. The van der Waals surface area contributed by atoms with Crippen LogP contribution in [0.3, 0.4) is 0 Å². The second-order valence-corrected chi connectivity index (χ2v) is 12.8. The van der Waals surface area contributed by atoms with Crippen molar-refractivity contribution in [2.75, 3.05) is 32.0 Å². The molecule has 1 amide bonds. The number of aliphatic imine (C=N–C) groups is 1. The SMILES string of the molecule is CCCCC(=O)NCC1(c2ccccc2)CCN(C2=NC3=C([S+]([O-])CC3)C(C)(NC3(CO)CC3)N2)CC1. The summed E-state index contributed by atoms with van der Waals surface area (Å²) in [6.07, 6.45) is 6.83. The lowest BCUT2D eigenvalue weighted by molar-refractivity contribution is -0.121. The highest BCUT2D eigenvalue weighted by molar-refractivity contribution is 7.95. The average Bonchev–Trinajstić information content (AvgIpc) is 3.58. The fourth-order valence-corrected chi connectivity index (χ4v) is 7.59. The van der Waals surface area contributed by atoms with Gasteiger partial charge in [0.2, 0.25) is 11.9 Å². The maximum atomic E-state index is 12.9. The zero-order chi connectivity index (χ0) is 26.1. The number of rotatable bonds is 9. The van der Waals surface area contributed by atoms with E-state index in [2.05, 4.69) is 52.0 Å². The number of aliphatic hydroxyl groups is 1. The van der Waals surface area contributed by atoms with Crippen molar-refractivity contribution >= 4 is 23.0 Å². The van der Waals surface area contributed by atoms with Crippen LogP contribution in [0.1, 0.15) is 70.8 Å². The molecule has 1 aliphatic carbocycles. The molecule has 1 saturated heterocycles. The summed E-state index contributed by atoms with van der Waals surface area (Å²) in [5, 5.41) is 20.4. The summed E-state index contributed by atoms with van der Waals surface area (Å²) in [6.45, 7) is 6.46. The van der Waals surface area contributed by atoms with E-state index in [1.54, 1.807) is 0 Å². The Morgan fingerprint density at radius 3 is 2.59 bits per heavy atom. The van der Waals surface area contributed by atoms with Crippen LogP contribution in [0.2, 0.25) is 0 Å². The van der Waals surface area contributed by atoms with E-state index >= 15 is 0 Å². The number of nitrogens with zero attached hydrogens (tertiary/aromatic N) is 2. The smallest absolute Gasteiger partial charge is 0.220 e. The molecule has 1 saturated carbocycles. The van der Waals surface area contributed by atoms with Gasteiger partial charge in [0.05, 0.1) is 6.61 Å². The van der Waals surface area contributed by atoms with Crippen molar-refractivity contribution in [1.29, 1.82) is 0 Å². The largest absolute Gasteiger partial charge is 0.612 e. The Bertz CT molecular complexity index is 1050. The zero-order valence-corrected chi connectivity index (χ0v) is 23.0. The van der Waals surface area contributed by atoms with E-state index < -0.39 is 16.8 Å². The van der Waals surface area contributed by atoms with Crippen molar-refractivity contribution in [3.05, 3.63) is 46.5 Å². The number of piperidine rings is 1. The van der Waals surface area contributed by atoms with Crippen LogP contribution in [0.15, 0.2) is 45.9 Å². The molecule has 0 aromatic heterocycles. The van der Waals surface area contributed by atoms with Crippen LogP contribution < -0.4 is 16.0 Å². The van der Waals surface area contributed by atoms with Gasteiger partial charge in [-0.3, -0.25) is 10.1 Å². The lowest BCUT2D eigenvalue weighted by Gasteiger charge is -2.46. The van der Waals surface area contributed by atoms with Gasteiger partial charge in [-0.25, -0.2) is 4.99 Å². The quantitative estimate of drug-likeness (QED) is 0.367. The molecule has 3 aliphatic heterocycles. The fourth-order valence-electron chi connectivity index (χ4n) is 6.04. The Kier molecular flexibility index (Phi) is 7.60. The summed E-state index contributed by atoms with van der Waals surface area (Å²) in [5.74, 6) is 1.54. The first-order chi connectivity index (χ1) is 17.8. The van der Waals surface area contributed by atoms with Crippen LogP contribution in [-0.4, -0.2) is 69.6 Å². The van der Waals surface area contributed by atoms with Gasteiger partial charge < -0.3 is 25.2 Å². The van der Waals surface area contributed by atoms with Gasteiger partial charge in [0.15, 0.2) is 10.6 Å². The van der Waals surface area contributed by atoms with Gasteiger partial charge >= 0.3 is 0 Å². The highest BCUT2D eigenvalue weighted by atomic mass is 32.2. The van der Waals surface area contributed by atoms with Crippen molar-refractivity contribution in [1.82, 2.24) is 20.9 Å². The number of allylic oxidation sites excluding steroid dienone is 1. The van der Waals surface area contributed by atoms with Crippen LogP contribution in [0.4, 0.5) is 0 Å². The number of aliphatic hydroxyl groups excluding tert-OH is 1. The predicted molar refractivity (Wildman–Crippen MR) is 147 cm³/mol. The summed E-state index contributed by atoms with van der Waals surface area (Å²) in [5.41, 5.74) is 1.05. The van der Waals surface area contributed by atoms with E-state index in [1.165, 1.54) is 5.56 Å². The second-order valence-electron chi connectivity index (χ2n) is 11.3. The molecular formula is C28H41N5O3S. The second kappa shape index (κ2) is 10.6. The molecule has 1 aromatic carbocycles. The first-order valence-electron chi connectivity index (χ1n) is 13.8. The molecule has 9 heteroatoms. The zero-order valence-electron chi connectivity index (χ0n) is 22.1. The molecule has 4 N–H and O–H groups in total. The lowest BCUT2D eigenvalue weighted by Crippen LogP contribution is -2.67. The lowest BCUT2D eigenvalue weighted by atomic mass is 9.72. The molecule has 202 valence electrons. The first kappa shape index (κ1) is 26.5. The van der Waals surface area contributed by atoms with E-state index in [1.807, 2.05) is 13.0 Å². The van der Waals surface area contributed by atoms with E-state index in [-0.39, 0.29) is 23.5 Å². The Labute approximate surface area is 223 Å². The number of likely N-dealkylation sites (tertiary alicyclic amines) is 1. The number of hydrogen-bond donors (Lipinski definition) is 4. The molecule has 2 fully saturated rings. The van der Waals surface area contributed by atoms with Gasteiger partial charge in [-0.15, -0.1) is 0 Å².